The number of unbranched alkanes of at least 4 members (excludes halogenated alkanes) is 4. The molecule has 3 aromatic rings. The first-order chi connectivity index (χ1) is 19.8. The third-order valence-corrected chi connectivity index (χ3v) is 6.21. The normalized spacial score (nSPS) is 10.9. The van der Waals surface area contributed by atoms with Gasteiger partial charge in [-0.15, -0.1) is 0 Å². The summed E-state index contributed by atoms with van der Waals surface area (Å²) in [4.78, 5) is 36.4. The summed E-state index contributed by atoms with van der Waals surface area (Å²) in [6.45, 7) is 2.41. The second-order valence-corrected chi connectivity index (χ2v) is 9.73. The molecule has 0 amide bonds. The van der Waals surface area contributed by atoms with Crippen LogP contribution in [-0.2, 0) is 20.7 Å². The molecule has 0 fully saturated rings. The summed E-state index contributed by atoms with van der Waals surface area (Å²) < 4.78 is 16.0. The first-order valence-corrected chi connectivity index (χ1v) is 13.9. The molecule has 0 aliphatic carbocycles. The number of ether oxygens (including phenoxy) is 3. The molecule has 4 N–H and O–H groups in total. The van der Waals surface area contributed by atoms with Crippen LogP contribution in [-0.4, -0.2) is 24.5 Å². The third-order valence-electron chi connectivity index (χ3n) is 6.21. The van der Waals surface area contributed by atoms with Crippen LogP contribution in [0.4, 0.5) is 11.4 Å². The fourth-order valence-electron chi connectivity index (χ4n) is 4.04. The number of hydrogen-bond donors (Lipinski definition) is 2. The Labute approximate surface area is 241 Å². The molecule has 0 aliphatic rings. The van der Waals surface area contributed by atoms with Gasteiger partial charge in [0.15, 0.2) is 0 Å². The maximum atomic E-state index is 12.2. The molecule has 0 heterocycles. The molecule has 0 atom stereocenters. The Balaban J connectivity index is 1.31. The Morgan fingerprint density at radius 2 is 1.41 bits per heavy atom. The van der Waals surface area contributed by atoms with Crippen molar-refractivity contribution in [1.82, 2.24) is 0 Å². The standard InChI is InChI=1S/C33H38N2O6/c1-2-3-5-8-24-10-15-30(16-11-24)41-32(37)19-14-25-12-17-29(18-13-25)40-31(36)9-6-4-7-20-39-33(38)26-21-27(34)23-28(35)22-26/h10-19,21-23H,2-9,20,34-35H2,1H3/b19-14+. The summed E-state index contributed by atoms with van der Waals surface area (Å²) in [5.41, 5.74) is 14.5. The molecular formula is C33H38N2O6. The van der Waals surface area contributed by atoms with Crippen LogP contribution < -0.4 is 20.9 Å². The number of esters is 3. The molecule has 0 unspecified atom stereocenters. The lowest BCUT2D eigenvalue weighted by Gasteiger charge is -2.07. The number of rotatable bonds is 15. The molecule has 216 valence electrons. The molecule has 0 aliphatic heterocycles. The number of benzene rings is 3. The number of aryl methyl sites for hydroxylation is 1. The van der Waals surface area contributed by atoms with Crippen LogP contribution >= 0.6 is 0 Å². The number of carbonyl (C=O) groups is 3. The highest BCUT2D eigenvalue weighted by molar-refractivity contribution is 5.91. The van der Waals surface area contributed by atoms with Gasteiger partial charge in [0, 0.05) is 23.9 Å². The van der Waals surface area contributed by atoms with E-state index in [9.17, 15) is 14.4 Å². The topological polar surface area (TPSA) is 131 Å². The van der Waals surface area contributed by atoms with Crippen molar-refractivity contribution in [1.29, 1.82) is 0 Å². The number of hydrogen-bond acceptors (Lipinski definition) is 8. The Hall–Kier alpha value is -4.59. The summed E-state index contributed by atoms with van der Waals surface area (Å²) in [7, 11) is 0. The molecule has 3 rings (SSSR count). The summed E-state index contributed by atoms with van der Waals surface area (Å²) in [6.07, 6.45) is 9.73. The fraction of sp³-hybridized carbons (Fsp3) is 0.303. The van der Waals surface area contributed by atoms with Crippen molar-refractivity contribution in [2.75, 3.05) is 18.1 Å². The van der Waals surface area contributed by atoms with E-state index in [1.54, 1.807) is 36.4 Å². The fourth-order valence-corrected chi connectivity index (χ4v) is 4.04. The Kier molecular flexibility index (Phi) is 12.5. The minimum Gasteiger partial charge on any atom is -0.462 e. The smallest absolute Gasteiger partial charge is 0.338 e. The van der Waals surface area contributed by atoms with E-state index < -0.39 is 11.9 Å². The SMILES string of the molecule is CCCCCc1ccc(OC(=O)/C=C/c2ccc(OC(=O)CCCCCOC(=O)c3cc(N)cc(N)c3)cc2)cc1. The van der Waals surface area contributed by atoms with Crippen LogP contribution in [0, 0.1) is 0 Å². The Morgan fingerprint density at radius 1 is 0.756 bits per heavy atom. The first kappa shape index (κ1) is 30.9. The van der Waals surface area contributed by atoms with Crippen molar-refractivity contribution < 1.29 is 28.6 Å². The number of nitrogen functional groups attached to an aromatic ring is 2. The van der Waals surface area contributed by atoms with Gasteiger partial charge in [-0.25, -0.2) is 9.59 Å². The van der Waals surface area contributed by atoms with E-state index in [1.807, 2.05) is 24.3 Å². The minimum atomic E-state index is -0.485. The molecule has 8 nitrogen and oxygen atoms in total. The molecule has 0 saturated carbocycles. The van der Waals surface area contributed by atoms with Crippen LogP contribution in [0.3, 0.4) is 0 Å². The average molecular weight is 559 g/mol. The molecule has 0 saturated heterocycles. The second-order valence-electron chi connectivity index (χ2n) is 9.73. The highest BCUT2D eigenvalue weighted by Gasteiger charge is 2.09. The van der Waals surface area contributed by atoms with Crippen molar-refractivity contribution >= 4 is 35.4 Å². The lowest BCUT2D eigenvalue weighted by atomic mass is 10.1. The third kappa shape index (κ3) is 11.6. The van der Waals surface area contributed by atoms with Crippen molar-refractivity contribution in [2.45, 2.75) is 58.3 Å². The summed E-state index contributed by atoms with van der Waals surface area (Å²) >= 11 is 0. The lowest BCUT2D eigenvalue weighted by molar-refractivity contribution is -0.134. The quantitative estimate of drug-likeness (QED) is 0.0708. The molecule has 8 heteroatoms. The van der Waals surface area contributed by atoms with E-state index >= 15 is 0 Å². The monoisotopic (exact) mass is 558 g/mol. The van der Waals surface area contributed by atoms with Gasteiger partial charge in [0.2, 0.25) is 0 Å². The van der Waals surface area contributed by atoms with Crippen LogP contribution in [0.15, 0.2) is 72.8 Å². The predicted octanol–water partition coefficient (Wildman–Crippen LogP) is 6.53. The molecule has 41 heavy (non-hydrogen) atoms. The van der Waals surface area contributed by atoms with E-state index in [-0.39, 0.29) is 19.0 Å². The zero-order valence-corrected chi connectivity index (χ0v) is 23.5. The maximum Gasteiger partial charge on any atom is 0.338 e. The highest BCUT2D eigenvalue weighted by atomic mass is 16.5. The van der Waals surface area contributed by atoms with Gasteiger partial charge in [-0.3, -0.25) is 4.79 Å². The van der Waals surface area contributed by atoms with E-state index in [0.717, 1.165) is 18.4 Å². The molecule has 0 radical (unpaired) electrons. The minimum absolute atomic E-state index is 0.233. The molecular weight excluding hydrogens is 520 g/mol. The van der Waals surface area contributed by atoms with E-state index in [0.29, 0.717) is 47.7 Å². The van der Waals surface area contributed by atoms with Crippen molar-refractivity contribution in [2.24, 2.45) is 0 Å². The van der Waals surface area contributed by atoms with Gasteiger partial charge in [-0.2, -0.15) is 0 Å². The molecule has 0 spiro atoms. The van der Waals surface area contributed by atoms with Crippen LogP contribution in [0.5, 0.6) is 11.5 Å². The number of nitrogens with two attached hydrogens (primary N) is 2. The Morgan fingerprint density at radius 3 is 2.10 bits per heavy atom. The highest BCUT2D eigenvalue weighted by Crippen LogP contribution is 2.18. The van der Waals surface area contributed by atoms with Gasteiger partial charge in [-0.1, -0.05) is 44.0 Å². The van der Waals surface area contributed by atoms with Crippen molar-refractivity contribution in [3.63, 3.8) is 0 Å². The molecule has 0 bridgehead atoms. The number of carbonyl (C=O) groups excluding carboxylic acids is 3. The van der Waals surface area contributed by atoms with Crippen molar-refractivity contribution in [3.05, 3.63) is 89.5 Å². The van der Waals surface area contributed by atoms with Gasteiger partial charge in [0.25, 0.3) is 0 Å². The predicted molar refractivity (Wildman–Crippen MR) is 160 cm³/mol. The molecule has 0 aromatic heterocycles. The first-order valence-electron chi connectivity index (χ1n) is 13.9. The largest absolute Gasteiger partial charge is 0.462 e. The number of anilines is 2. The Bertz CT molecular complexity index is 1300. The average Bonchev–Trinajstić information content (AvgIpc) is 2.95. The summed E-state index contributed by atoms with van der Waals surface area (Å²) in [5.74, 6) is -0.375. The summed E-state index contributed by atoms with van der Waals surface area (Å²) in [5, 5.41) is 0. The van der Waals surface area contributed by atoms with Gasteiger partial charge in [0.05, 0.1) is 12.2 Å². The van der Waals surface area contributed by atoms with Crippen LogP contribution in [0.1, 0.15) is 73.4 Å². The summed E-state index contributed by atoms with van der Waals surface area (Å²) in [6, 6.07) is 19.0. The molecule has 3 aromatic carbocycles. The van der Waals surface area contributed by atoms with Crippen molar-refractivity contribution in [3.8, 4) is 11.5 Å². The van der Waals surface area contributed by atoms with E-state index in [2.05, 4.69) is 6.92 Å². The second kappa shape index (κ2) is 16.5. The zero-order chi connectivity index (χ0) is 29.5. The van der Waals surface area contributed by atoms with Gasteiger partial charge >= 0.3 is 17.9 Å². The van der Waals surface area contributed by atoms with E-state index in [4.69, 9.17) is 25.7 Å². The van der Waals surface area contributed by atoms with Gasteiger partial charge in [0.1, 0.15) is 11.5 Å². The maximum absolute atomic E-state index is 12.2. The van der Waals surface area contributed by atoms with E-state index in [1.165, 1.54) is 36.6 Å². The van der Waals surface area contributed by atoms with Crippen LogP contribution in [0.2, 0.25) is 0 Å². The van der Waals surface area contributed by atoms with Gasteiger partial charge < -0.3 is 25.7 Å². The van der Waals surface area contributed by atoms with Gasteiger partial charge in [-0.05, 0) is 91.8 Å². The van der Waals surface area contributed by atoms with Crippen LogP contribution in [0.25, 0.3) is 6.08 Å². The zero-order valence-electron chi connectivity index (χ0n) is 23.5. The lowest BCUT2D eigenvalue weighted by Crippen LogP contribution is -2.09.